The van der Waals surface area contributed by atoms with Gasteiger partial charge in [-0.1, -0.05) is 0 Å². The first-order valence-electron chi connectivity index (χ1n) is 7.77. The van der Waals surface area contributed by atoms with Crippen molar-refractivity contribution in [3.63, 3.8) is 0 Å². The van der Waals surface area contributed by atoms with E-state index in [4.69, 9.17) is 23.7 Å². The van der Waals surface area contributed by atoms with Crippen molar-refractivity contribution in [2.75, 3.05) is 35.5 Å². The van der Waals surface area contributed by atoms with Crippen molar-refractivity contribution >= 4 is 11.9 Å². The standard InChI is InChI=1S/C19H20O8/c1-22-14-8-11(18(20)26-5)6-7-13(14)27-19(21)12-9-15(23-2)17(25-4)16(10-12)24-3/h6-10H,1-5H3. The maximum absolute atomic E-state index is 12.6. The van der Waals surface area contributed by atoms with Gasteiger partial charge in [0.1, 0.15) is 0 Å². The lowest BCUT2D eigenvalue weighted by Gasteiger charge is -2.14. The maximum Gasteiger partial charge on any atom is 0.343 e. The Hall–Kier alpha value is -3.42. The second-order valence-corrected chi connectivity index (χ2v) is 5.16. The van der Waals surface area contributed by atoms with Crippen molar-refractivity contribution in [2.24, 2.45) is 0 Å². The highest BCUT2D eigenvalue weighted by Crippen LogP contribution is 2.38. The van der Waals surface area contributed by atoms with E-state index < -0.39 is 11.9 Å². The van der Waals surface area contributed by atoms with Gasteiger partial charge in [-0.3, -0.25) is 0 Å². The van der Waals surface area contributed by atoms with Gasteiger partial charge in [0.25, 0.3) is 0 Å². The van der Waals surface area contributed by atoms with E-state index >= 15 is 0 Å². The molecule has 0 aliphatic rings. The highest BCUT2D eigenvalue weighted by atomic mass is 16.6. The summed E-state index contributed by atoms with van der Waals surface area (Å²) < 4.78 is 30.9. The number of rotatable bonds is 7. The monoisotopic (exact) mass is 376 g/mol. The minimum Gasteiger partial charge on any atom is -0.493 e. The van der Waals surface area contributed by atoms with Crippen LogP contribution in [0.25, 0.3) is 0 Å². The first-order chi connectivity index (χ1) is 13.0. The molecule has 0 spiro atoms. The number of methoxy groups -OCH3 is 5. The van der Waals surface area contributed by atoms with Gasteiger partial charge in [0, 0.05) is 0 Å². The SMILES string of the molecule is COC(=O)c1ccc(OC(=O)c2cc(OC)c(OC)c(OC)c2)c(OC)c1. The fourth-order valence-corrected chi connectivity index (χ4v) is 2.35. The Morgan fingerprint density at radius 2 is 1.19 bits per heavy atom. The molecule has 0 amide bonds. The van der Waals surface area contributed by atoms with Crippen LogP contribution in [0.5, 0.6) is 28.7 Å². The van der Waals surface area contributed by atoms with Gasteiger partial charge in [0.15, 0.2) is 23.0 Å². The molecular weight excluding hydrogens is 356 g/mol. The third kappa shape index (κ3) is 4.22. The van der Waals surface area contributed by atoms with Crippen LogP contribution in [-0.2, 0) is 4.74 Å². The highest BCUT2D eigenvalue weighted by Gasteiger charge is 2.20. The summed E-state index contributed by atoms with van der Waals surface area (Å²) in [6.07, 6.45) is 0. The predicted octanol–water partition coefficient (Wildman–Crippen LogP) is 2.73. The molecule has 2 aromatic carbocycles. The van der Waals surface area contributed by atoms with Crippen LogP contribution in [0.4, 0.5) is 0 Å². The van der Waals surface area contributed by atoms with Gasteiger partial charge in [0.2, 0.25) is 5.75 Å². The van der Waals surface area contributed by atoms with Crippen LogP contribution in [0.1, 0.15) is 20.7 Å². The molecule has 0 atom stereocenters. The zero-order chi connectivity index (χ0) is 20.0. The zero-order valence-electron chi connectivity index (χ0n) is 15.7. The Morgan fingerprint density at radius 1 is 0.630 bits per heavy atom. The predicted molar refractivity (Wildman–Crippen MR) is 95.4 cm³/mol. The van der Waals surface area contributed by atoms with Gasteiger partial charge in [-0.15, -0.1) is 0 Å². The van der Waals surface area contributed by atoms with E-state index in [2.05, 4.69) is 4.74 Å². The molecule has 27 heavy (non-hydrogen) atoms. The van der Waals surface area contributed by atoms with Gasteiger partial charge in [-0.25, -0.2) is 9.59 Å². The van der Waals surface area contributed by atoms with Crippen LogP contribution in [-0.4, -0.2) is 47.5 Å². The van der Waals surface area contributed by atoms with E-state index in [-0.39, 0.29) is 22.6 Å². The molecule has 8 heteroatoms. The summed E-state index contributed by atoms with van der Waals surface area (Å²) >= 11 is 0. The molecule has 0 heterocycles. The fraction of sp³-hybridized carbons (Fsp3) is 0.263. The molecule has 0 fully saturated rings. The second kappa shape index (κ2) is 8.79. The van der Waals surface area contributed by atoms with Crippen LogP contribution < -0.4 is 23.7 Å². The summed E-state index contributed by atoms with van der Waals surface area (Å²) in [5, 5.41) is 0. The average Bonchev–Trinajstić information content (AvgIpc) is 2.71. The number of benzene rings is 2. The zero-order valence-corrected chi connectivity index (χ0v) is 15.7. The van der Waals surface area contributed by atoms with Crippen molar-refractivity contribution < 1.29 is 38.0 Å². The molecule has 2 rings (SSSR count). The molecule has 0 aromatic heterocycles. The van der Waals surface area contributed by atoms with Gasteiger partial charge >= 0.3 is 11.9 Å². The molecule has 0 bridgehead atoms. The number of hydrogen-bond acceptors (Lipinski definition) is 8. The molecule has 0 aliphatic heterocycles. The first kappa shape index (κ1) is 19.9. The van der Waals surface area contributed by atoms with Crippen LogP contribution in [0, 0.1) is 0 Å². The van der Waals surface area contributed by atoms with E-state index in [1.165, 1.54) is 65.9 Å². The van der Waals surface area contributed by atoms with Gasteiger partial charge < -0.3 is 28.4 Å². The van der Waals surface area contributed by atoms with Crippen LogP contribution in [0.3, 0.4) is 0 Å². The third-order valence-electron chi connectivity index (χ3n) is 3.69. The molecular formula is C19H20O8. The second-order valence-electron chi connectivity index (χ2n) is 5.16. The first-order valence-corrected chi connectivity index (χ1v) is 7.77. The summed E-state index contributed by atoms with van der Waals surface area (Å²) in [5.41, 5.74) is 0.450. The van der Waals surface area contributed by atoms with Crippen molar-refractivity contribution in [2.45, 2.75) is 0 Å². The van der Waals surface area contributed by atoms with Crippen LogP contribution in [0.15, 0.2) is 30.3 Å². The van der Waals surface area contributed by atoms with E-state index in [9.17, 15) is 9.59 Å². The molecule has 0 radical (unpaired) electrons. The number of carbonyl (C=O) groups is 2. The van der Waals surface area contributed by atoms with E-state index in [1.807, 2.05) is 0 Å². The topological polar surface area (TPSA) is 89.5 Å². The number of carbonyl (C=O) groups excluding carboxylic acids is 2. The molecule has 2 aromatic rings. The van der Waals surface area contributed by atoms with E-state index in [0.29, 0.717) is 17.2 Å². The third-order valence-corrected chi connectivity index (χ3v) is 3.69. The van der Waals surface area contributed by atoms with Gasteiger partial charge in [-0.2, -0.15) is 0 Å². The summed E-state index contributed by atoms with van der Waals surface area (Å²) in [6.45, 7) is 0. The Bertz CT molecular complexity index is 819. The number of hydrogen-bond donors (Lipinski definition) is 0. The fourth-order valence-electron chi connectivity index (χ4n) is 2.35. The minimum absolute atomic E-state index is 0.143. The van der Waals surface area contributed by atoms with E-state index in [0.717, 1.165) is 0 Å². The summed E-state index contributed by atoms with van der Waals surface area (Å²) in [6, 6.07) is 7.27. The molecule has 8 nitrogen and oxygen atoms in total. The number of ether oxygens (including phenoxy) is 6. The maximum atomic E-state index is 12.6. The van der Waals surface area contributed by atoms with Crippen LogP contribution in [0.2, 0.25) is 0 Å². The lowest BCUT2D eigenvalue weighted by Crippen LogP contribution is -2.11. The lowest BCUT2D eigenvalue weighted by atomic mass is 10.1. The smallest absolute Gasteiger partial charge is 0.343 e. The molecule has 0 unspecified atom stereocenters. The average molecular weight is 376 g/mol. The Morgan fingerprint density at radius 3 is 1.67 bits per heavy atom. The normalized spacial score (nSPS) is 9.96. The summed E-state index contributed by atoms with van der Waals surface area (Å²) in [4.78, 5) is 24.2. The number of esters is 2. The van der Waals surface area contributed by atoms with Gasteiger partial charge in [-0.05, 0) is 30.3 Å². The molecule has 0 saturated heterocycles. The van der Waals surface area contributed by atoms with E-state index in [1.54, 1.807) is 0 Å². The Balaban J connectivity index is 2.36. The van der Waals surface area contributed by atoms with Crippen molar-refractivity contribution in [3.8, 4) is 28.7 Å². The molecule has 0 saturated carbocycles. The minimum atomic E-state index is -0.668. The lowest BCUT2D eigenvalue weighted by molar-refractivity contribution is 0.0600. The summed E-state index contributed by atoms with van der Waals surface area (Å²) in [7, 11) is 7.02. The molecule has 144 valence electrons. The van der Waals surface area contributed by atoms with Crippen molar-refractivity contribution in [1.82, 2.24) is 0 Å². The van der Waals surface area contributed by atoms with Gasteiger partial charge in [0.05, 0.1) is 46.7 Å². The molecule has 0 N–H and O–H groups in total. The Kier molecular flexibility index (Phi) is 6.48. The Labute approximate surface area is 156 Å². The largest absolute Gasteiger partial charge is 0.493 e. The van der Waals surface area contributed by atoms with Crippen molar-refractivity contribution in [3.05, 3.63) is 41.5 Å². The quantitative estimate of drug-likeness (QED) is 0.538. The summed E-state index contributed by atoms with van der Waals surface area (Å²) in [5.74, 6) is 0.141. The van der Waals surface area contributed by atoms with Crippen LogP contribution >= 0.6 is 0 Å². The van der Waals surface area contributed by atoms with Crippen molar-refractivity contribution in [1.29, 1.82) is 0 Å². The molecule has 0 aliphatic carbocycles. The highest BCUT2D eigenvalue weighted by molar-refractivity contribution is 5.94.